The molecule has 1 aromatic heterocycles. The number of fused-ring (bicyclic) bond motifs is 1. The van der Waals surface area contributed by atoms with Crippen LogP contribution in [0.5, 0.6) is 0 Å². The van der Waals surface area contributed by atoms with Crippen molar-refractivity contribution in [2.45, 2.75) is 57.0 Å². The van der Waals surface area contributed by atoms with Gasteiger partial charge < -0.3 is 14.6 Å². The van der Waals surface area contributed by atoms with Gasteiger partial charge in [-0.1, -0.05) is 44.9 Å². The van der Waals surface area contributed by atoms with Crippen LogP contribution in [-0.2, 0) is 10.2 Å². The first kappa shape index (κ1) is 16.1. The molecule has 0 radical (unpaired) electrons. The van der Waals surface area contributed by atoms with Gasteiger partial charge in [-0.15, -0.1) is 0 Å². The maximum Gasteiger partial charge on any atom is 0.335 e. The first-order valence-corrected chi connectivity index (χ1v) is 8.27. The number of rotatable bonds is 5. The van der Waals surface area contributed by atoms with E-state index in [1.165, 1.54) is 0 Å². The van der Waals surface area contributed by atoms with Crippen LogP contribution in [0.15, 0.2) is 34.9 Å². The maximum atomic E-state index is 11.9. The summed E-state index contributed by atoms with van der Waals surface area (Å²) < 4.78 is 5.61. The number of hydrogen-bond donors (Lipinski definition) is 2. The molecule has 0 bridgehead atoms. The molecule has 1 aliphatic rings. The Kier molecular flexibility index (Phi) is 3.96. The second-order valence-corrected chi connectivity index (χ2v) is 7.42. The van der Waals surface area contributed by atoms with E-state index in [9.17, 15) is 15.0 Å². The summed E-state index contributed by atoms with van der Waals surface area (Å²) in [6.07, 6.45) is 5.38. The SMILES string of the molecule is CC(C)(CC(O)(C(=O)O)C1CCCC1)c1cccc2ccoc12. The molecule has 1 unspecified atom stereocenters. The van der Waals surface area contributed by atoms with Crippen LogP contribution in [0.1, 0.15) is 51.5 Å². The predicted octanol–water partition coefficient (Wildman–Crippen LogP) is 4.11. The second kappa shape index (κ2) is 5.68. The van der Waals surface area contributed by atoms with Gasteiger partial charge >= 0.3 is 5.97 Å². The fourth-order valence-corrected chi connectivity index (χ4v) is 4.09. The van der Waals surface area contributed by atoms with E-state index in [1.807, 2.05) is 38.1 Å². The molecule has 0 aliphatic heterocycles. The van der Waals surface area contributed by atoms with Gasteiger partial charge in [0.1, 0.15) is 5.58 Å². The van der Waals surface area contributed by atoms with Crippen LogP contribution in [0.4, 0.5) is 0 Å². The average molecular weight is 316 g/mol. The van der Waals surface area contributed by atoms with Crippen molar-refractivity contribution in [2.24, 2.45) is 5.92 Å². The first-order valence-electron chi connectivity index (χ1n) is 8.27. The maximum absolute atomic E-state index is 11.9. The van der Waals surface area contributed by atoms with Crippen molar-refractivity contribution in [1.82, 2.24) is 0 Å². The lowest BCUT2D eigenvalue weighted by atomic mass is 9.70. The van der Waals surface area contributed by atoms with Gasteiger partial charge in [0, 0.05) is 10.9 Å². The van der Waals surface area contributed by atoms with E-state index in [2.05, 4.69) is 0 Å². The third-order valence-electron chi connectivity index (χ3n) is 5.32. The minimum absolute atomic E-state index is 0.171. The summed E-state index contributed by atoms with van der Waals surface area (Å²) in [6, 6.07) is 7.78. The Morgan fingerprint density at radius 2 is 1.96 bits per heavy atom. The molecule has 0 saturated heterocycles. The van der Waals surface area contributed by atoms with Crippen molar-refractivity contribution < 1.29 is 19.4 Å². The molecule has 1 saturated carbocycles. The second-order valence-electron chi connectivity index (χ2n) is 7.42. The molecule has 1 aliphatic carbocycles. The Labute approximate surface area is 136 Å². The van der Waals surface area contributed by atoms with Gasteiger partial charge in [0.15, 0.2) is 5.60 Å². The van der Waals surface area contributed by atoms with Gasteiger partial charge in [0.05, 0.1) is 6.26 Å². The Morgan fingerprint density at radius 3 is 2.61 bits per heavy atom. The van der Waals surface area contributed by atoms with Crippen molar-refractivity contribution in [3.8, 4) is 0 Å². The molecule has 1 heterocycles. The van der Waals surface area contributed by atoms with E-state index >= 15 is 0 Å². The Hall–Kier alpha value is -1.81. The molecule has 23 heavy (non-hydrogen) atoms. The van der Waals surface area contributed by atoms with Crippen LogP contribution >= 0.6 is 0 Å². The number of para-hydroxylation sites is 1. The molecule has 124 valence electrons. The molecule has 0 spiro atoms. The number of aliphatic hydroxyl groups is 1. The first-order chi connectivity index (χ1) is 10.8. The van der Waals surface area contributed by atoms with Gasteiger partial charge in [0.25, 0.3) is 0 Å². The number of aliphatic carboxylic acids is 1. The van der Waals surface area contributed by atoms with Crippen molar-refractivity contribution >= 4 is 16.9 Å². The number of hydrogen-bond acceptors (Lipinski definition) is 3. The van der Waals surface area contributed by atoms with E-state index in [1.54, 1.807) is 6.26 Å². The lowest BCUT2D eigenvalue weighted by molar-refractivity contribution is -0.167. The highest BCUT2D eigenvalue weighted by Crippen LogP contribution is 2.43. The van der Waals surface area contributed by atoms with Crippen molar-refractivity contribution in [3.63, 3.8) is 0 Å². The highest BCUT2D eigenvalue weighted by Gasteiger charge is 2.49. The van der Waals surface area contributed by atoms with Crippen molar-refractivity contribution in [3.05, 3.63) is 36.1 Å². The molecule has 2 N–H and O–H groups in total. The van der Waals surface area contributed by atoms with Gasteiger partial charge in [-0.25, -0.2) is 4.79 Å². The van der Waals surface area contributed by atoms with E-state index < -0.39 is 17.0 Å². The normalized spacial score (nSPS) is 19.1. The molecule has 1 fully saturated rings. The Morgan fingerprint density at radius 1 is 1.26 bits per heavy atom. The molecule has 3 rings (SSSR count). The summed E-state index contributed by atoms with van der Waals surface area (Å²) in [7, 11) is 0. The Bertz CT molecular complexity index is 709. The van der Waals surface area contributed by atoms with Gasteiger partial charge in [-0.3, -0.25) is 0 Å². The zero-order valence-electron chi connectivity index (χ0n) is 13.7. The van der Waals surface area contributed by atoms with E-state index in [4.69, 9.17) is 4.42 Å². The third-order valence-corrected chi connectivity index (χ3v) is 5.32. The molecule has 1 aromatic carbocycles. The number of carboxylic acids is 1. The summed E-state index contributed by atoms with van der Waals surface area (Å²) in [4.78, 5) is 11.9. The molecule has 4 heteroatoms. The summed E-state index contributed by atoms with van der Waals surface area (Å²) in [5.41, 5.74) is -0.476. The van der Waals surface area contributed by atoms with Crippen LogP contribution in [0.2, 0.25) is 0 Å². The molecular formula is C19H24O4. The molecule has 4 nitrogen and oxygen atoms in total. The quantitative estimate of drug-likeness (QED) is 0.871. The summed E-state index contributed by atoms with van der Waals surface area (Å²) in [6.45, 7) is 3.96. The lowest BCUT2D eigenvalue weighted by Gasteiger charge is -2.37. The lowest BCUT2D eigenvalue weighted by Crippen LogP contribution is -2.49. The fraction of sp³-hybridized carbons (Fsp3) is 0.526. The van der Waals surface area contributed by atoms with Gasteiger partial charge in [0.2, 0.25) is 0 Å². The standard InChI is InChI=1S/C19H24O4/c1-18(2,15-9-5-6-13-10-11-23-16(13)15)12-19(22,17(20)21)14-7-3-4-8-14/h5-6,9-11,14,22H,3-4,7-8,12H2,1-2H3,(H,20,21). The molecule has 2 aromatic rings. The zero-order chi connectivity index (χ0) is 16.7. The monoisotopic (exact) mass is 316 g/mol. The van der Waals surface area contributed by atoms with Crippen LogP contribution in [0, 0.1) is 5.92 Å². The van der Waals surface area contributed by atoms with Gasteiger partial charge in [-0.05, 0) is 36.7 Å². The predicted molar refractivity (Wildman–Crippen MR) is 88.4 cm³/mol. The molecular weight excluding hydrogens is 292 g/mol. The van der Waals surface area contributed by atoms with Crippen LogP contribution < -0.4 is 0 Å². The van der Waals surface area contributed by atoms with E-state index in [0.29, 0.717) is 0 Å². The molecule has 0 amide bonds. The van der Waals surface area contributed by atoms with Crippen LogP contribution in [0.3, 0.4) is 0 Å². The van der Waals surface area contributed by atoms with E-state index in [0.717, 1.165) is 42.2 Å². The van der Waals surface area contributed by atoms with Crippen molar-refractivity contribution in [1.29, 1.82) is 0 Å². The minimum atomic E-state index is -1.69. The summed E-state index contributed by atoms with van der Waals surface area (Å²) in [5, 5.41) is 21.7. The number of furan rings is 1. The van der Waals surface area contributed by atoms with Gasteiger partial charge in [-0.2, -0.15) is 0 Å². The van der Waals surface area contributed by atoms with Crippen LogP contribution in [-0.4, -0.2) is 21.8 Å². The number of carbonyl (C=O) groups is 1. The summed E-state index contributed by atoms with van der Waals surface area (Å²) >= 11 is 0. The summed E-state index contributed by atoms with van der Waals surface area (Å²) in [5.74, 6) is -1.28. The average Bonchev–Trinajstić information content (AvgIpc) is 3.17. The highest BCUT2D eigenvalue weighted by molar-refractivity contribution is 5.82. The Balaban J connectivity index is 1.98. The highest BCUT2D eigenvalue weighted by atomic mass is 16.4. The smallest absolute Gasteiger partial charge is 0.335 e. The van der Waals surface area contributed by atoms with Crippen LogP contribution in [0.25, 0.3) is 11.0 Å². The largest absolute Gasteiger partial charge is 0.479 e. The minimum Gasteiger partial charge on any atom is -0.479 e. The third kappa shape index (κ3) is 2.76. The van der Waals surface area contributed by atoms with E-state index in [-0.39, 0.29) is 12.3 Å². The zero-order valence-corrected chi connectivity index (χ0v) is 13.7. The number of carboxylic acid groups (broad SMARTS) is 1. The number of benzene rings is 1. The van der Waals surface area contributed by atoms with Crippen molar-refractivity contribution in [2.75, 3.05) is 0 Å². The molecule has 1 atom stereocenters. The fourth-order valence-electron chi connectivity index (χ4n) is 4.09. The topological polar surface area (TPSA) is 70.7 Å².